The number of hydrogen-bond donors (Lipinski definition) is 2. The maximum atomic E-state index is 11.2. The first-order valence-electron chi connectivity index (χ1n) is 5.91. The van der Waals surface area contributed by atoms with Crippen LogP contribution in [-0.2, 0) is 11.3 Å². The molecule has 0 aliphatic carbocycles. The molecule has 6 nitrogen and oxygen atoms in total. The van der Waals surface area contributed by atoms with Crippen molar-refractivity contribution in [3.05, 3.63) is 40.6 Å². The van der Waals surface area contributed by atoms with Crippen LogP contribution >= 0.6 is 15.9 Å². The van der Waals surface area contributed by atoms with Crippen molar-refractivity contribution in [1.82, 2.24) is 9.78 Å². The Morgan fingerprint density at radius 3 is 3.05 bits per heavy atom. The second kappa shape index (κ2) is 6.53. The first-order valence-corrected chi connectivity index (χ1v) is 6.70. The van der Waals surface area contributed by atoms with Gasteiger partial charge in [-0.25, -0.2) is 4.79 Å². The van der Waals surface area contributed by atoms with E-state index >= 15 is 0 Å². The molecular formula is C13H14BrN3O3. The summed E-state index contributed by atoms with van der Waals surface area (Å²) in [4.78, 5) is 11.2. The Balaban J connectivity index is 2.19. The highest BCUT2D eigenvalue weighted by atomic mass is 79.9. The summed E-state index contributed by atoms with van der Waals surface area (Å²) in [5, 5.41) is 16.4. The highest BCUT2D eigenvalue weighted by Crippen LogP contribution is 2.24. The number of nitrogens with one attached hydrogen (secondary N) is 1. The minimum absolute atomic E-state index is 0.206. The van der Waals surface area contributed by atoms with Crippen LogP contribution in [0, 0.1) is 0 Å². The molecule has 7 heteroatoms. The zero-order valence-corrected chi connectivity index (χ0v) is 12.4. The lowest BCUT2D eigenvalue weighted by Crippen LogP contribution is -2.04. The number of carbonyl (C=O) groups is 1. The van der Waals surface area contributed by atoms with Gasteiger partial charge in [0.2, 0.25) is 0 Å². The largest absolute Gasteiger partial charge is 0.478 e. The summed E-state index contributed by atoms with van der Waals surface area (Å²) < 4.78 is 7.50. The van der Waals surface area contributed by atoms with E-state index in [-0.39, 0.29) is 5.56 Å². The lowest BCUT2D eigenvalue weighted by Gasteiger charge is -2.08. The molecule has 0 saturated carbocycles. The van der Waals surface area contributed by atoms with Crippen molar-refractivity contribution >= 4 is 33.3 Å². The van der Waals surface area contributed by atoms with E-state index in [9.17, 15) is 4.79 Å². The number of aromatic carboxylic acids is 1. The SMILES string of the molecule is COCCn1cc(Nc2cc(Br)ccc2C(=O)O)cn1. The van der Waals surface area contributed by atoms with Crippen molar-refractivity contribution in [3.8, 4) is 0 Å². The topological polar surface area (TPSA) is 76.4 Å². The summed E-state index contributed by atoms with van der Waals surface area (Å²) in [6.45, 7) is 1.21. The standard InChI is InChI=1S/C13H14BrN3O3/c1-20-5-4-17-8-10(7-15-17)16-12-6-9(14)2-3-11(12)13(18)19/h2-3,6-8,16H,4-5H2,1H3,(H,18,19). The number of methoxy groups -OCH3 is 1. The average molecular weight is 340 g/mol. The Bertz CT molecular complexity index is 613. The predicted octanol–water partition coefficient (Wildman–Crippen LogP) is 2.73. The number of benzene rings is 1. The molecule has 0 radical (unpaired) electrons. The second-order valence-corrected chi connectivity index (χ2v) is 5.02. The number of halogens is 1. The molecule has 0 spiro atoms. The van der Waals surface area contributed by atoms with Gasteiger partial charge in [0.1, 0.15) is 0 Å². The highest BCUT2D eigenvalue weighted by molar-refractivity contribution is 9.10. The van der Waals surface area contributed by atoms with E-state index in [2.05, 4.69) is 26.3 Å². The number of aromatic nitrogens is 2. The van der Waals surface area contributed by atoms with E-state index < -0.39 is 5.97 Å². The van der Waals surface area contributed by atoms with Crippen LogP contribution in [0.5, 0.6) is 0 Å². The van der Waals surface area contributed by atoms with Crippen LogP contribution in [0.2, 0.25) is 0 Å². The van der Waals surface area contributed by atoms with Crippen molar-refractivity contribution in [1.29, 1.82) is 0 Å². The molecule has 0 atom stereocenters. The van der Waals surface area contributed by atoms with Gasteiger partial charge in [-0.2, -0.15) is 5.10 Å². The van der Waals surface area contributed by atoms with Crippen molar-refractivity contribution in [2.24, 2.45) is 0 Å². The van der Waals surface area contributed by atoms with Gasteiger partial charge in [0, 0.05) is 17.8 Å². The number of hydrogen-bond acceptors (Lipinski definition) is 4. The van der Waals surface area contributed by atoms with Crippen LogP contribution in [-0.4, -0.2) is 34.6 Å². The molecule has 106 valence electrons. The van der Waals surface area contributed by atoms with E-state index in [1.165, 1.54) is 0 Å². The van der Waals surface area contributed by atoms with Crippen molar-refractivity contribution in [2.45, 2.75) is 6.54 Å². The van der Waals surface area contributed by atoms with Crippen LogP contribution < -0.4 is 5.32 Å². The maximum absolute atomic E-state index is 11.2. The van der Waals surface area contributed by atoms with Crippen molar-refractivity contribution in [2.75, 3.05) is 19.0 Å². The summed E-state index contributed by atoms with van der Waals surface area (Å²) in [6, 6.07) is 4.96. The maximum Gasteiger partial charge on any atom is 0.337 e. The van der Waals surface area contributed by atoms with Crippen molar-refractivity contribution in [3.63, 3.8) is 0 Å². The summed E-state index contributed by atoms with van der Waals surface area (Å²) in [6.07, 6.45) is 3.44. The minimum atomic E-state index is -0.980. The molecule has 1 aromatic carbocycles. The fourth-order valence-corrected chi connectivity index (χ4v) is 2.06. The average Bonchev–Trinajstić information content (AvgIpc) is 2.83. The summed E-state index contributed by atoms with van der Waals surface area (Å²) in [5.74, 6) is -0.980. The lowest BCUT2D eigenvalue weighted by atomic mass is 10.2. The number of nitrogens with zero attached hydrogens (tertiary/aromatic N) is 2. The third-order valence-corrected chi connectivity index (χ3v) is 3.14. The number of carboxylic acid groups (broad SMARTS) is 1. The minimum Gasteiger partial charge on any atom is -0.478 e. The van der Waals surface area contributed by atoms with Gasteiger partial charge in [-0.1, -0.05) is 15.9 Å². The Hall–Kier alpha value is -1.86. The third-order valence-electron chi connectivity index (χ3n) is 2.65. The van der Waals surface area contributed by atoms with E-state index in [0.29, 0.717) is 18.8 Å². The van der Waals surface area contributed by atoms with Crippen molar-refractivity contribution < 1.29 is 14.6 Å². The van der Waals surface area contributed by atoms with E-state index in [1.54, 1.807) is 42.4 Å². The Morgan fingerprint density at radius 2 is 2.35 bits per heavy atom. The van der Waals surface area contributed by atoms with Gasteiger partial charge >= 0.3 is 5.97 Å². The first kappa shape index (κ1) is 14.5. The Labute approximate surface area is 124 Å². The van der Waals surface area contributed by atoms with Gasteiger partial charge in [0.15, 0.2) is 0 Å². The van der Waals surface area contributed by atoms with Crippen LogP contribution in [0.1, 0.15) is 10.4 Å². The number of anilines is 2. The molecule has 0 saturated heterocycles. The fraction of sp³-hybridized carbons (Fsp3) is 0.231. The lowest BCUT2D eigenvalue weighted by molar-refractivity contribution is 0.0698. The molecular weight excluding hydrogens is 326 g/mol. The zero-order valence-electron chi connectivity index (χ0n) is 10.8. The molecule has 0 amide bonds. The molecule has 0 aliphatic heterocycles. The Kier molecular flexibility index (Phi) is 4.75. The predicted molar refractivity (Wildman–Crippen MR) is 78.5 cm³/mol. The van der Waals surface area contributed by atoms with Gasteiger partial charge < -0.3 is 15.2 Å². The molecule has 2 rings (SSSR count). The first-order chi connectivity index (χ1) is 9.60. The summed E-state index contributed by atoms with van der Waals surface area (Å²) in [5.41, 5.74) is 1.44. The van der Waals surface area contributed by atoms with Crippen LogP contribution in [0.4, 0.5) is 11.4 Å². The molecule has 20 heavy (non-hydrogen) atoms. The van der Waals surface area contributed by atoms with Gasteiger partial charge in [0.25, 0.3) is 0 Å². The molecule has 0 aliphatic rings. The van der Waals surface area contributed by atoms with E-state index in [1.807, 2.05) is 0 Å². The zero-order chi connectivity index (χ0) is 14.5. The quantitative estimate of drug-likeness (QED) is 0.846. The molecule has 0 bridgehead atoms. The molecule has 1 heterocycles. The van der Waals surface area contributed by atoms with Gasteiger partial charge in [0.05, 0.1) is 36.3 Å². The highest BCUT2D eigenvalue weighted by Gasteiger charge is 2.11. The molecule has 0 unspecified atom stereocenters. The van der Waals surface area contributed by atoms with Crippen LogP contribution in [0.15, 0.2) is 35.1 Å². The van der Waals surface area contributed by atoms with E-state index in [4.69, 9.17) is 9.84 Å². The third kappa shape index (κ3) is 3.58. The van der Waals surface area contributed by atoms with Crippen LogP contribution in [0.25, 0.3) is 0 Å². The molecule has 0 fully saturated rings. The number of rotatable bonds is 6. The number of carboxylic acids is 1. The van der Waals surface area contributed by atoms with Gasteiger partial charge in [-0.05, 0) is 18.2 Å². The van der Waals surface area contributed by atoms with E-state index in [0.717, 1.165) is 10.2 Å². The Morgan fingerprint density at radius 1 is 1.55 bits per heavy atom. The fourth-order valence-electron chi connectivity index (χ4n) is 1.70. The summed E-state index contributed by atoms with van der Waals surface area (Å²) >= 11 is 3.33. The monoisotopic (exact) mass is 339 g/mol. The summed E-state index contributed by atoms with van der Waals surface area (Å²) in [7, 11) is 1.63. The normalized spacial score (nSPS) is 10.5. The second-order valence-electron chi connectivity index (χ2n) is 4.10. The molecule has 2 N–H and O–H groups in total. The van der Waals surface area contributed by atoms with Gasteiger partial charge in [-0.15, -0.1) is 0 Å². The van der Waals surface area contributed by atoms with Gasteiger partial charge in [-0.3, -0.25) is 4.68 Å². The molecule has 2 aromatic rings. The smallest absolute Gasteiger partial charge is 0.337 e. The van der Waals surface area contributed by atoms with Crippen LogP contribution in [0.3, 0.4) is 0 Å². The number of ether oxygens (including phenoxy) is 1. The molecule has 1 aromatic heterocycles.